The Bertz CT molecular complexity index is 333. The maximum Gasteiger partial charge on any atom is 0.243 e. The van der Waals surface area contributed by atoms with Crippen molar-refractivity contribution in [2.24, 2.45) is 0 Å². The molecular weight excluding hydrogens is 234 g/mol. The van der Waals surface area contributed by atoms with Gasteiger partial charge < -0.3 is 9.84 Å². The number of aromatic nitrogens is 2. The first-order chi connectivity index (χ1) is 7.92. The van der Waals surface area contributed by atoms with Crippen molar-refractivity contribution in [3.8, 4) is 0 Å². The Balaban J connectivity index is 2.47. The Morgan fingerprint density at radius 1 is 1.41 bits per heavy atom. The van der Waals surface area contributed by atoms with Gasteiger partial charge in [0, 0.05) is 4.75 Å². The van der Waals surface area contributed by atoms with Crippen molar-refractivity contribution >= 4 is 11.8 Å². The SMILES string of the molecule is CCCNC(C)c1nc(CSC(C)(C)C)no1. The molecule has 0 fully saturated rings. The van der Waals surface area contributed by atoms with Crippen LogP contribution in [0.1, 0.15) is 58.8 Å². The molecule has 1 heterocycles. The molecule has 5 heteroatoms. The van der Waals surface area contributed by atoms with Crippen LogP contribution in [0.5, 0.6) is 0 Å². The van der Waals surface area contributed by atoms with E-state index in [1.54, 1.807) is 0 Å². The Hall–Kier alpha value is -0.550. The molecule has 4 nitrogen and oxygen atoms in total. The first-order valence-corrected chi connectivity index (χ1v) is 7.10. The normalized spacial score (nSPS) is 13.9. The van der Waals surface area contributed by atoms with E-state index in [1.165, 1.54) is 0 Å². The molecule has 0 aromatic carbocycles. The van der Waals surface area contributed by atoms with Gasteiger partial charge in [0.05, 0.1) is 11.8 Å². The first-order valence-electron chi connectivity index (χ1n) is 6.12. The molecular formula is C12H23N3OS. The smallest absolute Gasteiger partial charge is 0.243 e. The highest BCUT2D eigenvalue weighted by atomic mass is 32.2. The van der Waals surface area contributed by atoms with Crippen LogP contribution in [0.4, 0.5) is 0 Å². The molecule has 0 radical (unpaired) electrons. The number of nitrogens with one attached hydrogen (secondary N) is 1. The van der Waals surface area contributed by atoms with E-state index in [0.717, 1.165) is 24.5 Å². The highest BCUT2D eigenvalue weighted by Gasteiger charge is 2.16. The van der Waals surface area contributed by atoms with Crippen LogP contribution in [0.25, 0.3) is 0 Å². The summed E-state index contributed by atoms with van der Waals surface area (Å²) in [5.74, 6) is 2.26. The molecule has 0 aliphatic heterocycles. The fourth-order valence-electron chi connectivity index (χ4n) is 1.23. The van der Waals surface area contributed by atoms with Crippen molar-refractivity contribution in [1.82, 2.24) is 15.5 Å². The van der Waals surface area contributed by atoms with Crippen molar-refractivity contribution in [3.05, 3.63) is 11.7 Å². The molecule has 1 unspecified atom stereocenters. The van der Waals surface area contributed by atoms with Gasteiger partial charge in [0.25, 0.3) is 0 Å². The van der Waals surface area contributed by atoms with Crippen LogP contribution < -0.4 is 5.32 Å². The van der Waals surface area contributed by atoms with E-state index in [0.29, 0.717) is 5.89 Å². The highest BCUT2D eigenvalue weighted by Crippen LogP contribution is 2.26. The summed E-state index contributed by atoms with van der Waals surface area (Å²) in [5.41, 5.74) is 0. The minimum absolute atomic E-state index is 0.135. The fraction of sp³-hybridized carbons (Fsp3) is 0.833. The van der Waals surface area contributed by atoms with Gasteiger partial charge in [-0.15, -0.1) is 11.8 Å². The molecule has 1 atom stereocenters. The molecule has 1 aromatic rings. The highest BCUT2D eigenvalue weighted by molar-refractivity contribution is 7.99. The molecule has 1 rings (SSSR count). The van der Waals surface area contributed by atoms with Crippen molar-refractivity contribution in [2.45, 2.75) is 57.6 Å². The van der Waals surface area contributed by atoms with Crippen molar-refractivity contribution in [1.29, 1.82) is 0 Å². The molecule has 0 aliphatic rings. The fourth-order valence-corrected chi connectivity index (χ4v) is 1.91. The minimum atomic E-state index is 0.135. The van der Waals surface area contributed by atoms with Crippen LogP contribution in [0.3, 0.4) is 0 Å². The average molecular weight is 257 g/mol. The molecule has 17 heavy (non-hydrogen) atoms. The molecule has 0 bridgehead atoms. The average Bonchev–Trinajstić information content (AvgIpc) is 2.70. The monoisotopic (exact) mass is 257 g/mol. The molecule has 0 saturated carbocycles. The summed E-state index contributed by atoms with van der Waals surface area (Å²) in [6.07, 6.45) is 1.10. The second kappa shape index (κ2) is 6.40. The second-order valence-electron chi connectivity index (χ2n) is 5.13. The van der Waals surface area contributed by atoms with Gasteiger partial charge in [0.1, 0.15) is 0 Å². The lowest BCUT2D eigenvalue weighted by atomic mass is 10.3. The van der Waals surface area contributed by atoms with Gasteiger partial charge in [0.2, 0.25) is 5.89 Å². The van der Waals surface area contributed by atoms with Crippen LogP contribution in [-0.2, 0) is 5.75 Å². The van der Waals surface area contributed by atoms with Crippen molar-refractivity contribution in [2.75, 3.05) is 6.54 Å². The van der Waals surface area contributed by atoms with Gasteiger partial charge in [-0.3, -0.25) is 0 Å². The van der Waals surface area contributed by atoms with Gasteiger partial charge in [-0.05, 0) is 19.9 Å². The Morgan fingerprint density at radius 2 is 2.12 bits per heavy atom. The maximum atomic E-state index is 5.25. The molecule has 0 aliphatic carbocycles. The summed E-state index contributed by atoms with van der Waals surface area (Å²) in [5, 5.41) is 7.33. The third-order valence-electron chi connectivity index (χ3n) is 2.19. The third kappa shape index (κ3) is 5.55. The summed E-state index contributed by atoms with van der Waals surface area (Å²) in [6, 6.07) is 0.135. The second-order valence-corrected chi connectivity index (χ2v) is 6.93. The molecule has 1 N–H and O–H groups in total. The van der Waals surface area contributed by atoms with Crippen LogP contribution in [0.15, 0.2) is 4.52 Å². The largest absolute Gasteiger partial charge is 0.338 e. The summed E-state index contributed by atoms with van der Waals surface area (Å²) in [6.45, 7) is 11.7. The third-order valence-corrected chi connectivity index (χ3v) is 3.46. The van der Waals surface area contributed by atoms with E-state index in [-0.39, 0.29) is 10.8 Å². The summed E-state index contributed by atoms with van der Waals surface area (Å²) in [4.78, 5) is 4.41. The lowest BCUT2D eigenvalue weighted by Gasteiger charge is -2.15. The summed E-state index contributed by atoms with van der Waals surface area (Å²) in [7, 11) is 0. The van der Waals surface area contributed by atoms with E-state index in [9.17, 15) is 0 Å². The lowest BCUT2D eigenvalue weighted by Crippen LogP contribution is -2.19. The van der Waals surface area contributed by atoms with Crippen LogP contribution in [0, 0.1) is 0 Å². The van der Waals surface area contributed by atoms with E-state index in [2.05, 4.69) is 43.2 Å². The van der Waals surface area contributed by atoms with E-state index in [1.807, 2.05) is 18.7 Å². The number of thioether (sulfide) groups is 1. The van der Waals surface area contributed by atoms with Crippen molar-refractivity contribution in [3.63, 3.8) is 0 Å². The number of rotatable bonds is 6. The Morgan fingerprint density at radius 3 is 2.71 bits per heavy atom. The van der Waals surface area contributed by atoms with E-state index in [4.69, 9.17) is 4.52 Å². The number of hydrogen-bond donors (Lipinski definition) is 1. The maximum absolute atomic E-state index is 5.25. The molecule has 0 spiro atoms. The van der Waals surface area contributed by atoms with Gasteiger partial charge in [-0.25, -0.2) is 0 Å². The van der Waals surface area contributed by atoms with E-state index >= 15 is 0 Å². The summed E-state index contributed by atoms with van der Waals surface area (Å²) < 4.78 is 5.48. The first kappa shape index (κ1) is 14.5. The predicted octanol–water partition coefficient (Wildman–Crippen LogP) is 3.16. The number of nitrogens with zero attached hydrogens (tertiary/aromatic N) is 2. The molecule has 1 aromatic heterocycles. The zero-order valence-corrected chi connectivity index (χ0v) is 12.2. The van der Waals surface area contributed by atoms with E-state index < -0.39 is 0 Å². The minimum Gasteiger partial charge on any atom is -0.338 e. The summed E-state index contributed by atoms with van der Waals surface area (Å²) >= 11 is 1.82. The van der Waals surface area contributed by atoms with Gasteiger partial charge in [-0.2, -0.15) is 4.98 Å². The van der Waals surface area contributed by atoms with Gasteiger partial charge >= 0.3 is 0 Å². The topological polar surface area (TPSA) is 51.0 Å². The lowest BCUT2D eigenvalue weighted by molar-refractivity contribution is 0.337. The molecule has 0 amide bonds. The standard InChI is InChI=1S/C12H23N3OS/c1-6-7-13-9(2)11-14-10(15-16-11)8-17-12(3,4)5/h9,13H,6-8H2,1-5H3. The van der Waals surface area contributed by atoms with Crippen LogP contribution in [-0.4, -0.2) is 21.4 Å². The molecule has 0 saturated heterocycles. The quantitative estimate of drug-likeness (QED) is 0.848. The zero-order chi connectivity index (χ0) is 12.9. The van der Waals surface area contributed by atoms with Crippen LogP contribution in [0.2, 0.25) is 0 Å². The van der Waals surface area contributed by atoms with Crippen molar-refractivity contribution < 1.29 is 4.52 Å². The number of hydrogen-bond acceptors (Lipinski definition) is 5. The predicted molar refractivity (Wildman–Crippen MR) is 72.1 cm³/mol. The van der Waals surface area contributed by atoms with Crippen LogP contribution >= 0.6 is 11.8 Å². The van der Waals surface area contributed by atoms with Gasteiger partial charge in [-0.1, -0.05) is 32.9 Å². The zero-order valence-electron chi connectivity index (χ0n) is 11.4. The van der Waals surface area contributed by atoms with Gasteiger partial charge in [0.15, 0.2) is 5.82 Å². The molecule has 98 valence electrons. The Kier molecular flexibility index (Phi) is 5.46. The Labute approximate surface area is 108 Å².